The predicted octanol–water partition coefficient (Wildman–Crippen LogP) is 3.80. The van der Waals surface area contributed by atoms with Gasteiger partial charge in [0, 0.05) is 26.2 Å². The van der Waals surface area contributed by atoms with Crippen LogP contribution in [0.5, 0.6) is 0 Å². The number of carbonyl (C=O) groups is 1. The fourth-order valence-electron chi connectivity index (χ4n) is 3.58. The van der Waals surface area contributed by atoms with E-state index in [1.165, 1.54) is 22.5 Å². The Labute approximate surface area is 164 Å². The van der Waals surface area contributed by atoms with E-state index in [2.05, 4.69) is 71.0 Å². The van der Waals surface area contributed by atoms with E-state index in [-0.39, 0.29) is 11.9 Å². The molecule has 3 aromatic rings. The molecule has 4 nitrogen and oxygen atoms in total. The summed E-state index contributed by atoms with van der Waals surface area (Å²) >= 11 is 1.47. The largest absolute Gasteiger partial charge is 0.290 e. The highest BCUT2D eigenvalue weighted by Crippen LogP contribution is 2.29. The maximum atomic E-state index is 12.3. The Kier molecular flexibility index (Phi) is 5.63. The summed E-state index contributed by atoms with van der Waals surface area (Å²) in [5.74, 6) is -0.0129. The molecule has 138 valence electrons. The van der Waals surface area contributed by atoms with E-state index in [0.717, 1.165) is 31.1 Å². The van der Waals surface area contributed by atoms with Crippen LogP contribution in [0.4, 0.5) is 0 Å². The minimum absolute atomic E-state index is 0.0129. The van der Waals surface area contributed by atoms with Crippen LogP contribution in [0, 0.1) is 0 Å². The van der Waals surface area contributed by atoms with Gasteiger partial charge in [0.25, 0.3) is 5.91 Å². The lowest BCUT2D eigenvalue weighted by atomic mass is 9.96. The lowest BCUT2D eigenvalue weighted by molar-refractivity contribution is 0.0557. The first-order valence-electron chi connectivity index (χ1n) is 9.24. The zero-order valence-corrected chi connectivity index (χ0v) is 15.9. The van der Waals surface area contributed by atoms with E-state index in [9.17, 15) is 4.79 Å². The Morgan fingerprint density at radius 2 is 1.41 bits per heavy atom. The Balaban J connectivity index is 1.45. The second kappa shape index (κ2) is 8.48. The van der Waals surface area contributed by atoms with E-state index < -0.39 is 0 Å². The van der Waals surface area contributed by atoms with Gasteiger partial charge in [-0.15, -0.1) is 11.3 Å². The molecule has 4 rings (SSSR count). The molecule has 1 aliphatic heterocycles. The van der Waals surface area contributed by atoms with Crippen molar-refractivity contribution in [3.63, 3.8) is 0 Å². The summed E-state index contributed by atoms with van der Waals surface area (Å²) in [5, 5.41) is 3.96. The number of nitrogens with one attached hydrogen (secondary N) is 1. The minimum atomic E-state index is -0.0129. The first-order chi connectivity index (χ1) is 13.3. The fraction of sp³-hybridized carbons (Fsp3) is 0.227. The number of hydrogen-bond acceptors (Lipinski definition) is 4. The van der Waals surface area contributed by atoms with Crippen molar-refractivity contribution in [1.82, 2.24) is 15.3 Å². The molecule has 27 heavy (non-hydrogen) atoms. The molecule has 0 spiro atoms. The highest BCUT2D eigenvalue weighted by molar-refractivity contribution is 7.12. The number of thiophene rings is 1. The summed E-state index contributed by atoms with van der Waals surface area (Å²) < 4.78 is 0. The molecule has 1 saturated heterocycles. The predicted molar refractivity (Wildman–Crippen MR) is 110 cm³/mol. The average molecular weight is 378 g/mol. The molecule has 2 heterocycles. The molecular weight excluding hydrogens is 354 g/mol. The third kappa shape index (κ3) is 4.27. The lowest BCUT2D eigenvalue weighted by Gasteiger charge is -2.39. The van der Waals surface area contributed by atoms with Gasteiger partial charge in [0.2, 0.25) is 0 Å². The van der Waals surface area contributed by atoms with Crippen molar-refractivity contribution < 1.29 is 4.79 Å². The van der Waals surface area contributed by atoms with Gasteiger partial charge in [0.15, 0.2) is 0 Å². The molecule has 0 radical (unpaired) electrons. The van der Waals surface area contributed by atoms with Crippen LogP contribution >= 0.6 is 11.3 Å². The molecule has 0 saturated carbocycles. The van der Waals surface area contributed by atoms with Crippen molar-refractivity contribution in [3.8, 4) is 0 Å². The molecule has 1 aromatic heterocycles. The third-order valence-electron chi connectivity index (χ3n) is 4.91. The fourth-order valence-corrected chi connectivity index (χ4v) is 4.20. The molecule has 0 unspecified atom stereocenters. The van der Waals surface area contributed by atoms with Crippen LogP contribution in [0.2, 0.25) is 0 Å². The number of piperazine rings is 1. The first-order valence-corrected chi connectivity index (χ1v) is 10.1. The molecule has 0 atom stereocenters. The van der Waals surface area contributed by atoms with Crippen LogP contribution in [-0.2, 0) is 0 Å². The van der Waals surface area contributed by atoms with Crippen LogP contribution in [0.3, 0.4) is 0 Å². The highest BCUT2D eigenvalue weighted by atomic mass is 32.1. The number of carbonyl (C=O) groups excluding carboxylic acids is 1. The summed E-state index contributed by atoms with van der Waals surface area (Å²) in [7, 11) is 0. The van der Waals surface area contributed by atoms with Crippen LogP contribution < -0.4 is 5.43 Å². The maximum Gasteiger partial charge on any atom is 0.275 e. The summed E-state index contributed by atoms with van der Waals surface area (Å²) in [4.78, 5) is 15.5. The number of nitrogens with zero attached hydrogens (tertiary/aromatic N) is 2. The van der Waals surface area contributed by atoms with Crippen molar-refractivity contribution in [2.45, 2.75) is 6.04 Å². The summed E-state index contributed by atoms with van der Waals surface area (Å²) in [6.07, 6.45) is 0. The first kappa shape index (κ1) is 17.9. The smallest absolute Gasteiger partial charge is 0.275 e. The lowest BCUT2D eigenvalue weighted by Crippen LogP contribution is -2.54. The second-order valence-electron chi connectivity index (χ2n) is 6.67. The number of amides is 1. The highest BCUT2D eigenvalue weighted by Gasteiger charge is 2.27. The average Bonchev–Trinajstić information content (AvgIpc) is 3.26. The van der Waals surface area contributed by atoms with Gasteiger partial charge in [0.05, 0.1) is 10.9 Å². The standard InChI is InChI=1S/C22H23N3OS/c26-22(20-12-7-17-27-20)23-25-15-13-24(14-16-25)21(18-8-3-1-4-9-18)19-10-5-2-6-11-19/h1-12,17,21H,13-16H2,(H,23,26). The molecule has 2 aromatic carbocycles. The topological polar surface area (TPSA) is 35.6 Å². The normalized spacial score (nSPS) is 15.7. The third-order valence-corrected chi connectivity index (χ3v) is 5.78. The van der Waals surface area contributed by atoms with Gasteiger partial charge < -0.3 is 0 Å². The Hall–Kier alpha value is -2.47. The molecule has 1 amide bonds. The molecular formula is C22H23N3OS. The second-order valence-corrected chi connectivity index (χ2v) is 7.61. The molecule has 1 fully saturated rings. The quantitative estimate of drug-likeness (QED) is 0.735. The number of hydrazine groups is 1. The number of benzene rings is 2. The van der Waals surface area contributed by atoms with Crippen LogP contribution in [0.1, 0.15) is 26.8 Å². The van der Waals surface area contributed by atoms with Crippen LogP contribution in [0.15, 0.2) is 78.2 Å². The number of hydrogen-bond donors (Lipinski definition) is 1. The minimum Gasteiger partial charge on any atom is -0.290 e. The number of rotatable bonds is 5. The maximum absolute atomic E-state index is 12.3. The van der Waals surface area contributed by atoms with Crippen molar-refractivity contribution in [2.75, 3.05) is 26.2 Å². The Morgan fingerprint density at radius 3 is 1.93 bits per heavy atom. The Bertz CT molecular complexity index is 804. The van der Waals surface area contributed by atoms with E-state index >= 15 is 0 Å². The summed E-state index contributed by atoms with van der Waals surface area (Å²) in [6.45, 7) is 3.43. The summed E-state index contributed by atoms with van der Waals surface area (Å²) in [6, 6.07) is 25.3. The molecule has 1 N–H and O–H groups in total. The van der Waals surface area contributed by atoms with Crippen LogP contribution in [-0.4, -0.2) is 42.0 Å². The molecule has 5 heteroatoms. The summed E-state index contributed by atoms with van der Waals surface area (Å²) in [5.41, 5.74) is 5.65. The zero-order chi connectivity index (χ0) is 18.5. The molecule has 1 aliphatic rings. The van der Waals surface area contributed by atoms with Gasteiger partial charge in [-0.1, -0.05) is 66.7 Å². The van der Waals surface area contributed by atoms with E-state index in [1.54, 1.807) is 0 Å². The van der Waals surface area contributed by atoms with Gasteiger partial charge in [-0.05, 0) is 22.6 Å². The van der Waals surface area contributed by atoms with E-state index in [1.807, 2.05) is 22.5 Å². The SMILES string of the molecule is O=C(NN1CCN(C(c2ccccc2)c2ccccc2)CC1)c1cccs1. The van der Waals surface area contributed by atoms with Crippen molar-refractivity contribution in [2.24, 2.45) is 0 Å². The van der Waals surface area contributed by atoms with E-state index in [4.69, 9.17) is 0 Å². The van der Waals surface area contributed by atoms with Crippen molar-refractivity contribution in [1.29, 1.82) is 0 Å². The van der Waals surface area contributed by atoms with E-state index in [0.29, 0.717) is 0 Å². The van der Waals surface area contributed by atoms with Crippen molar-refractivity contribution >= 4 is 17.2 Å². The van der Waals surface area contributed by atoms with Gasteiger partial charge in [-0.25, -0.2) is 5.01 Å². The van der Waals surface area contributed by atoms with Crippen molar-refractivity contribution in [3.05, 3.63) is 94.2 Å². The zero-order valence-electron chi connectivity index (χ0n) is 15.1. The van der Waals surface area contributed by atoms with Gasteiger partial charge >= 0.3 is 0 Å². The van der Waals surface area contributed by atoms with Crippen LogP contribution in [0.25, 0.3) is 0 Å². The molecule has 0 aliphatic carbocycles. The monoisotopic (exact) mass is 377 g/mol. The molecule has 0 bridgehead atoms. The Morgan fingerprint density at radius 1 is 0.815 bits per heavy atom. The van der Waals surface area contributed by atoms with Gasteiger partial charge in [0.1, 0.15) is 0 Å². The van der Waals surface area contributed by atoms with Gasteiger partial charge in [-0.3, -0.25) is 15.1 Å². The van der Waals surface area contributed by atoms with Gasteiger partial charge in [-0.2, -0.15) is 0 Å².